The highest BCUT2D eigenvalue weighted by molar-refractivity contribution is 5.52. The number of pyridine rings is 1. The van der Waals surface area contributed by atoms with Crippen molar-refractivity contribution in [3.05, 3.63) is 35.8 Å². The predicted octanol–water partition coefficient (Wildman–Crippen LogP) is 4.30. The minimum absolute atomic E-state index is 0.0531. The first-order valence-electron chi connectivity index (χ1n) is 11.9. The highest BCUT2D eigenvalue weighted by Crippen LogP contribution is 2.44. The number of fused-ring (bicyclic) bond motifs is 3. The summed E-state index contributed by atoms with van der Waals surface area (Å²) in [5, 5.41) is 12.6. The fourth-order valence-electron chi connectivity index (χ4n) is 5.50. The largest absolute Gasteiger partial charge is 0.480 e. The van der Waals surface area contributed by atoms with Crippen LogP contribution in [-0.4, -0.2) is 57.8 Å². The third-order valence-electron chi connectivity index (χ3n) is 7.17. The second-order valence-electron chi connectivity index (χ2n) is 9.78. The normalized spacial score (nSPS) is 22.3. The Morgan fingerprint density at radius 1 is 1.14 bits per heavy atom. The van der Waals surface area contributed by atoms with Crippen molar-refractivity contribution in [2.45, 2.75) is 45.2 Å². The molecule has 11 heteroatoms. The molecule has 1 saturated carbocycles. The molecule has 5 rings (SSSR count). The molecule has 0 spiro atoms. The lowest BCUT2D eigenvalue weighted by Gasteiger charge is -2.38. The quantitative estimate of drug-likeness (QED) is 0.489. The van der Waals surface area contributed by atoms with Crippen LogP contribution in [0.4, 0.5) is 18.9 Å². The average Bonchev–Trinajstić information content (AvgIpc) is 3.33. The van der Waals surface area contributed by atoms with Gasteiger partial charge in [-0.15, -0.1) is 10.2 Å². The summed E-state index contributed by atoms with van der Waals surface area (Å²) < 4.78 is 50.0. The van der Waals surface area contributed by atoms with E-state index in [1.807, 2.05) is 19.9 Å². The van der Waals surface area contributed by atoms with Crippen LogP contribution in [0.15, 0.2) is 24.4 Å². The monoisotopic (exact) mass is 490 g/mol. The minimum Gasteiger partial charge on any atom is -0.480 e. The molecule has 2 fully saturated rings. The summed E-state index contributed by atoms with van der Waals surface area (Å²) in [6.45, 7) is 4.49. The zero-order chi connectivity index (χ0) is 24.7. The molecule has 35 heavy (non-hydrogen) atoms. The van der Waals surface area contributed by atoms with Gasteiger partial charge in [-0.25, -0.2) is 4.98 Å². The molecule has 3 aromatic heterocycles. The molecule has 188 valence electrons. The van der Waals surface area contributed by atoms with Crippen molar-refractivity contribution >= 4 is 11.3 Å². The van der Waals surface area contributed by atoms with Gasteiger partial charge in [0.15, 0.2) is 18.1 Å². The SMILES string of the molecule is COc1cc(N2C[C@H]3CC[C@@H](C2)C3Cc2nc3c(C(C)C)ccc(OCC(F)(F)F)n3n2)cnn1. The summed E-state index contributed by atoms with van der Waals surface area (Å²) in [7, 11) is 1.58. The molecular weight excluding hydrogens is 461 g/mol. The minimum atomic E-state index is -4.42. The lowest BCUT2D eigenvalue weighted by Crippen LogP contribution is -2.42. The van der Waals surface area contributed by atoms with E-state index in [1.165, 1.54) is 4.52 Å². The Bertz CT molecular complexity index is 1180. The molecule has 0 N–H and O–H groups in total. The Balaban J connectivity index is 1.37. The number of rotatable bonds is 7. The first-order valence-corrected chi connectivity index (χ1v) is 11.9. The lowest BCUT2D eigenvalue weighted by atomic mass is 9.82. The van der Waals surface area contributed by atoms with E-state index in [0.29, 0.717) is 41.5 Å². The second-order valence-corrected chi connectivity index (χ2v) is 9.78. The van der Waals surface area contributed by atoms with Gasteiger partial charge < -0.3 is 14.4 Å². The summed E-state index contributed by atoms with van der Waals surface area (Å²) in [4.78, 5) is 7.11. The average molecular weight is 491 g/mol. The molecule has 1 unspecified atom stereocenters. The Hall–Kier alpha value is -3.11. The van der Waals surface area contributed by atoms with E-state index in [9.17, 15) is 13.2 Å². The maximum absolute atomic E-state index is 12.8. The molecule has 0 radical (unpaired) electrons. The summed E-state index contributed by atoms with van der Waals surface area (Å²) in [6.07, 6.45) is 0.299. The zero-order valence-electron chi connectivity index (χ0n) is 20.0. The Labute approximate surface area is 201 Å². The van der Waals surface area contributed by atoms with Crippen molar-refractivity contribution < 1.29 is 22.6 Å². The topological polar surface area (TPSA) is 77.7 Å². The standard InChI is InChI=1S/C24H29F3N6O2/c1-14(2)18-6-7-22(35-13-24(25,26)27)33-23(18)29-20(31-33)9-19-15-4-5-16(19)12-32(11-15)17-8-21(34-3)30-28-10-17/h6-8,10,14-16,19H,4-5,9,11-13H2,1-3H3/t15-,16+,19?. The number of ether oxygens (including phenoxy) is 2. The number of hydrogen-bond donors (Lipinski definition) is 0. The van der Waals surface area contributed by atoms with Crippen LogP contribution in [0.25, 0.3) is 5.65 Å². The highest BCUT2D eigenvalue weighted by Gasteiger charge is 2.42. The van der Waals surface area contributed by atoms with Crippen LogP contribution in [0.3, 0.4) is 0 Å². The van der Waals surface area contributed by atoms with E-state index in [2.05, 4.69) is 20.2 Å². The second kappa shape index (κ2) is 9.16. The van der Waals surface area contributed by atoms with Gasteiger partial charge in [-0.3, -0.25) is 0 Å². The zero-order valence-corrected chi connectivity index (χ0v) is 20.0. The van der Waals surface area contributed by atoms with Gasteiger partial charge in [-0.1, -0.05) is 13.8 Å². The number of methoxy groups -OCH3 is 1. The number of piperidine rings is 1. The van der Waals surface area contributed by atoms with Crippen molar-refractivity contribution in [3.63, 3.8) is 0 Å². The number of nitrogens with zero attached hydrogens (tertiary/aromatic N) is 6. The number of aromatic nitrogens is 5. The van der Waals surface area contributed by atoms with Crippen LogP contribution >= 0.6 is 0 Å². The summed E-state index contributed by atoms with van der Waals surface area (Å²) in [5.74, 6) is 2.72. The van der Waals surface area contributed by atoms with Gasteiger partial charge >= 0.3 is 6.18 Å². The van der Waals surface area contributed by atoms with Crippen LogP contribution in [0.2, 0.25) is 0 Å². The van der Waals surface area contributed by atoms with E-state index in [1.54, 1.807) is 25.4 Å². The molecular formula is C24H29F3N6O2. The van der Waals surface area contributed by atoms with Gasteiger partial charge in [0.2, 0.25) is 11.8 Å². The molecule has 2 bridgehead atoms. The third-order valence-corrected chi connectivity index (χ3v) is 7.17. The fraction of sp³-hybridized carbons (Fsp3) is 0.583. The Kier molecular flexibility index (Phi) is 6.18. The van der Waals surface area contributed by atoms with Gasteiger partial charge in [0, 0.05) is 31.6 Å². The molecule has 3 aromatic rings. The molecule has 4 heterocycles. The van der Waals surface area contributed by atoms with Crippen LogP contribution in [-0.2, 0) is 6.42 Å². The maximum Gasteiger partial charge on any atom is 0.422 e. The fourth-order valence-corrected chi connectivity index (χ4v) is 5.50. The van der Waals surface area contributed by atoms with Gasteiger partial charge in [-0.05, 0) is 48.1 Å². The third kappa shape index (κ3) is 4.85. The first-order chi connectivity index (χ1) is 16.7. The predicted molar refractivity (Wildman–Crippen MR) is 123 cm³/mol. The van der Waals surface area contributed by atoms with Crippen molar-refractivity contribution in [2.75, 3.05) is 31.7 Å². The summed E-state index contributed by atoms with van der Waals surface area (Å²) in [6, 6.07) is 5.24. The van der Waals surface area contributed by atoms with Crippen LogP contribution < -0.4 is 14.4 Å². The molecule has 2 aliphatic rings. The van der Waals surface area contributed by atoms with Gasteiger partial charge in [0.25, 0.3) is 0 Å². The van der Waals surface area contributed by atoms with Crippen LogP contribution in [0.5, 0.6) is 11.8 Å². The molecule has 0 amide bonds. The number of hydrogen-bond acceptors (Lipinski definition) is 7. The smallest absolute Gasteiger partial charge is 0.422 e. The van der Waals surface area contributed by atoms with E-state index in [4.69, 9.17) is 14.5 Å². The maximum atomic E-state index is 12.8. The first kappa shape index (κ1) is 23.6. The molecule has 0 aromatic carbocycles. The van der Waals surface area contributed by atoms with Gasteiger partial charge in [-0.2, -0.15) is 22.8 Å². The Morgan fingerprint density at radius 2 is 1.89 bits per heavy atom. The van der Waals surface area contributed by atoms with E-state index < -0.39 is 12.8 Å². The Morgan fingerprint density at radius 3 is 2.54 bits per heavy atom. The highest BCUT2D eigenvalue weighted by atomic mass is 19.4. The van der Waals surface area contributed by atoms with E-state index in [-0.39, 0.29) is 11.8 Å². The molecule has 1 aliphatic heterocycles. The molecule has 8 nitrogen and oxygen atoms in total. The summed E-state index contributed by atoms with van der Waals surface area (Å²) in [5.41, 5.74) is 2.50. The van der Waals surface area contributed by atoms with Crippen LogP contribution in [0, 0.1) is 17.8 Å². The summed E-state index contributed by atoms with van der Waals surface area (Å²) >= 11 is 0. The van der Waals surface area contributed by atoms with Crippen molar-refractivity contribution in [2.24, 2.45) is 17.8 Å². The number of halogens is 3. The van der Waals surface area contributed by atoms with Gasteiger partial charge in [0.1, 0.15) is 0 Å². The van der Waals surface area contributed by atoms with Gasteiger partial charge in [0.05, 0.1) is 19.0 Å². The lowest BCUT2D eigenvalue weighted by molar-refractivity contribution is -0.154. The van der Waals surface area contributed by atoms with Crippen molar-refractivity contribution in [1.82, 2.24) is 24.8 Å². The molecule has 3 atom stereocenters. The van der Waals surface area contributed by atoms with E-state index in [0.717, 1.165) is 37.2 Å². The molecule has 1 aliphatic carbocycles. The van der Waals surface area contributed by atoms with Crippen molar-refractivity contribution in [1.29, 1.82) is 0 Å². The van der Waals surface area contributed by atoms with Crippen molar-refractivity contribution in [3.8, 4) is 11.8 Å². The number of anilines is 1. The van der Waals surface area contributed by atoms with E-state index >= 15 is 0 Å². The van der Waals surface area contributed by atoms with Crippen LogP contribution in [0.1, 0.15) is 44.0 Å². The molecule has 1 saturated heterocycles. The number of alkyl halides is 3.